The molecule has 0 aromatic rings. The molecule has 0 aliphatic carbocycles. The van der Waals surface area contributed by atoms with Crippen molar-refractivity contribution in [1.82, 2.24) is 5.32 Å². The Morgan fingerprint density at radius 3 is 2.33 bits per heavy atom. The molecule has 0 spiro atoms. The summed E-state index contributed by atoms with van der Waals surface area (Å²) in [6.45, 7) is 11.6. The second-order valence-corrected chi connectivity index (χ2v) is 8.38. The first-order chi connectivity index (χ1) is 12.6. The Labute approximate surface area is 163 Å². The zero-order valence-electron chi connectivity index (χ0n) is 17.6. The molecule has 27 heavy (non-hydrogen) atoms. The van der Waals surface area contributed by atoms with Gasteiger partial charge >= 0.3 is 12.1 Å². The number of ether oxygens (including phenoxy) is 3. The molecule has 0 aliphatic rings. The van der Waals surface area contributed by atoms with Crippen LogP contribution in [0.3, 0.4) is 0 Å². The molecule has 0 aromatic heterocycles. The molecule has 7 heteroatoms. The average molecular weight is 385 g/mol. The van der Waals surface area contributed by atoms with Crippen molar-refractivity contribution in [3.05, 3.63) is 0 Å². The van der Waals surface area contributed by atoms with E-state index in [1.165, 1.54) is 0 Å². The van der Waals surface area contributed by atoms with E-state index in [0.717, 1.165) is 25.7 Å². The molecule has 0 rings (SSSR count). The molecule has 1 N–H and O–H groups in total. The average Bonchev–Trinajstić information content (AvgIpc) is 2.60. The highest BCUT2D eigenvalue weighted by Gasteiger charge is 2.22. The summed E-state index contributed by atoms with van der Waals surface area (Å²) in [5, 5.41) is 11.1. The van der Waals surface area contributed by atoms with Crippen LogP contribution in [-0.2, 0) is 19.0 Å². The largest absolute Gasteiger partial charge is 0.466 e. The van der Waals surface area contributed by atoms with E-state index in [2.05, 4.69) is 10.1 Å². The minimum atomic E-state index is -0.444. The van der Waals surface area contributed by atoms with Gasteiger partial charge in [0.25, 0.3) is 6.26 Å². The maximum atomic E-state index is 11.9. The molecule has 0 fully saturated rings. The molecule has 0 bridgehead atoms. The zero-order chi connectivity index (χ0) is 20.8. The third kappa shape index (κ3) is 14.8. The molecule has 0 aromatic carbocycles. The van der Waals surface area contributed by atoms with Crippen LogP contribution in [0.2, 0.25) is 0 Å². The van der Waals surface area contributed by atoms with Crippen molar-refractivity contribution < 1.29 is 23.8 Å². The van der Waals surface area contributed by atoms with Gasteiger partial charge < -0.3 is 19.5 Å². The van der Waals surface area contributed by atoms with E-state index in [1.807, 2.05) is 34.6 Å². The van der Waals surface area contributed by atoms with E-state index in [-0.39, 0.29) is 16.8 Å². The number of hydrogen-bond acceptors (Lipinski definition) is 6. The van der Waals surface area contributed by atoms with E-state index in [0.29, 0.717) is 39.2 Å². The highest BCUT2D eigenvalue weighted by atomic mass is 16.5. The number of carbonyl (C=O) groups is 2. The molecule has 0 atom stereocenters. The predicted octanol–water partition coefficient (Wildman–Crippen LogP) is 4.17. The van der Waals surface area contributed by atoms with Crippen molar-refractivity contribution in [3.8, 4) is 6.26 Å². The summed E-state index contributed by atoms with van der Waals surface area (Å²) in [4.78, 5) is 23.4. The van der Waals surface area contributed by atoms with Gasteiger partial charge in [-0.2, -0.15) is 5.26 Å². The maximum absolute atomic E-state index is 11.9. The third-order valence-electron chi connectivity index (χ3n) is 4.20. The number of unbranched alkanes of at least 4 members (excludes halogenated alkanes) is 1. The van der Waals surface area contributed by atoms with Crippen LogP contribution in [0.1, 0.15) is 73.1 Å². The van der Waals surface area contributed by atoms with E-state index >= 15 is 0 Å². The summed E-state index contributed by atoms with van der Waals surface area (Å²) in [7, 11) is 0. The molecule has 156 valence electrons. The fraction of sp³-hybridized carbons (Fsp3) is 0.850. The number of amides is 1. The molecule has 0 unspecified atom stereocenters. The first-order valence-electron chi connectivity index (χ1n) is 9.69. The van der Waals surface area contributed by atoms with Gasteiger partial charge in [0.15, 0.2) is 0 Å². The van der Waals surface area contributed by atoms with E-state index in [1.54, 1.807) is 6.26 Å². The lowest BCUT2D eigenvalue weighted by Gasteiger charge is -2.26. The zero-order valence-corrected chi connectivity index (χ0v) is 17.6. The van der Waals surface area contributed by atoms with Crippen LogP contribution in [0, 0.1) is 22.3 Å². The lowest BCUT2D eigenvalue weighted by Crippen LogP contribution is -2.36. The lowest BCUT2D eigenvalue weighted by molar-refractivity contribution is -0.143. The van der Waals surface area contributed by atoms with E-state index in [4.69, 9.17) is 14.7 Å². The molecule has 0 aliphatic heterocycles. The van der Waals surface area contributed by atoms with Crippen LogP contribution >= 0.6 is 0 Å². The van der Waals surface area contributed by atoms with Gasteiger partial charge in [-0.1, -0.05) is 41.0 Å². The lowest BCUT2D eigenvalue weighted by atomic mass is 9.88. The van der Waals surface area contributed by atoms with Gasteiger partial charge in [0.2, 0.25) is 0 Å². The van der Waals surface area contributed by atoms with Gasteiger partial charge in [-0.25, -0.2) is 4.79 Å². The Morgan fingerprint density at radius 1 is 1.00 bits per heavy atom. The fourth-order valence-electron chi connectivity index (χ4n) is 2.32. The number of rotatable bonds is 14. The Kier molecular flexibility index (Phi) is 12.3. The quantitative estimate of drug-likeness (QED) is 0.274. The highest BCUT2D eigenvalue weighted by Crippen LogP contribution is 2.24. The van der Waals surface area contributed by atoms with Crippen LogP contribution in [0.5, 0.6) is 0 Å². The van der Waals surface area contributed by atoms with Crippen LogP contribution < -0.4 is 5.32 Å². The Morgan fingerprint density at radius 2 is 1.70 bits per heavy atom. The second-order valence-electron chi connectivity index (χ2n) is 8.38. The summed E-state index contributed by atoms with van der Waals surface area (Å²) in [6, 6.07) is 0. The molecule has 0 saturated heterocycles. The van der Waals surface area contributed by atoms with E-state index < -0.39 is 6.09 Å². The second kappa shape index (κ2) is 13.2. The predicted molar refractivity (Wildman–Crippen MR) is 103 cm³/mol. The van der Waals surface area contributed by atoms with Gasteiger partial charge in [0.05, 0.1) is 13.2 Å². The van der Waals surface area contributed by atoms with Gasteiger partial charge in [0.1, 0.15) is 6.61 Å². The summed E-state index contributed by atoms with van der Waals surface area (Å²) in [5.41, 5.74) is -0.335. The van der Waals surface area contributed by atoms with Gasteiger partial charge in [-0.05, 0) is 36.5 Å². The van der Waals surface area contributed by atoms with Crippen LogP contribution in [0.15, 0.2) is 0 Å². The number of alkyl carbamates (subject to hydrolysis) is 1. The first-order valence-corrected chi connectivity index (χ1v) is 9.69. The number of esters is 1. The maximum Gasteiger partial charge on any atom is 0.407 e. The van der Waals surface area contributed by atoms with Crippen LogP contribution in [0.4, 0.5) is 4.79 Å². The monoisotopic (exact) mass is 384 g/mol. The fourth-order valence-corrected chi connectivity index (χ4v) is 2.32. The molecule has 7 nitrogen and oxygen atoms in total. The standard InChI is InChI=1S/C20H36N2O5/c1-6-12-26-17(23)9-7-8-10-20(4,5)15-27-18(24)22-14-19(2,3)11-13-25-16-21/h6-15H2,1-5H3,(H,22,24). The SMILES string of the molecule is CCCOC(=O)CCCCC(C)(C)COC(=O)NCC(C)(C)CCOC#N. The smallest absolute Gasteiger partial charge is 0.407 e. The molecular formula is C20H36N2O5. The first kappa shape index (κ1) is 25.0. The van der Waals surface area contributed by atoms with Crippen molar-refractivity contribution >= 4 is 12.1 Å². The summed E-state index contributed by atoms with van der Waals surface area (Å²) in [5.74, 6) is -0.145. The summed E-state index contributed by atoms with van der Waals surface area (Å²) >= 11 is 0. The number of nitriles is 1. The third-order valence-corrected chi connectivity index (χ3v) is 4.20. The van der Waals surface area contributed by atoms with Crippen molar-refractivity contribution in [2.45, 2.75) is 73.1 Å². The van der Waals surface area contributed by atoms with Crippen molar-refractivity contribution in [1.29, 1.82) is 5.26 Å². The number of nitrogens with one attached hydrogen (secondary N) is 1. The number of nitrogens with zero attached hydrogens (tertiary/aromatic N) is 1. The number of hydrogen-bond donors (Lipinski definition) is 1. The van der Waals surface area contributed by atoms with Gasteiger partial charge in [-0.3, -0.25) is 4.79 Å². The topological polar surface area (TPSA) is 97.7 Å². The molecule has 1 amide bonds. The van der Waals surface area contributed by atoms with E-state index in [9.17, 15) is 9.59 Å². The minimum Gasteiger partial charge on any atom is -0.466 e. The Hall–Kier alpha value is -1.97. The molecule has 0 heterocycles. The Bertz CT molecular complexity index is 483. The molecular weight excluding hydrogens is 348 g/mol. The van der Waals surface area contributed by atoms with Crippen molar-refractivity contribution in [2.75, 3.05) is 26.4 Å². The number of carbonyl (C=O) groups excluding carboxylic acids is 2. The molecule has 0 saturated carbocycles. The van der Waals surface area contributed by atoms with Crippen LogP contribution in [0.25, 0.3) is 0 Å². The van der Waals surface area contributed by atoms with Gasteiger partial charge in [-0.15, -0.1) is 0 Å². The Balaban J connectivity index is 3.96. The minimum absolute atomic E-state index is 0.145. The molecule has 0 radical (unpaired) electrons. The normalized spacial score (nSPS) is 11.4. The van der Waals surface area contributed by atoms with Crippen LogP contribution in [-0.4, -0.2) is 38.4 Å². The summed E-state index contributed by atoms with van der Waals surface area (Å²) < 4.78 is 15.1. The highest BCUT2D eigenvalue weighted by molar-refractivity contribution is 5.69. The van der Waals surface area contributed by atoms with Gasteiger partial charge in [0, 0.05) is 13.0 Å². The van der Waals surface area contributed by atoms with Crippen molar-refractivity contribution in [2.24, 2.45) is 10.8 Å². The summed E-state index contributed by atoms with van der Waals surface area (Å²) in [6.07, 6.45) is 5.64. The van der Waals surface area contributed by atoms with Crippen molar-refractivity contribution in [3.63, 3.8) is 0 Å².